The number of thiophene rings is 1. The Hall–Kier alpha value is -2.26. The third-order valence-corrected chi connectivity index (χ3v) is 6.85. The van der Waals surface area contributed by atoms with E-state index in [-0.39, 0.29) is 5.76 Å². The molecule has 0 unspecified atom stereocenters. The van der Waals surface area contributed by atoms with Crippen molar-refractivity contribution in [3.63, 3.8) is 0 Å². The van der Waals surface area contributed by atoms with Crippen LogP contribution in [0.15, 0.2) is 77.7 Å². The van der Waals surface area contributed by atoms with Crippen molar-refractivity contribution in [2.45, 2.75) is 9.10 Å². The average molecular weight is 522 g/mol. The number of hydrogen-bond acceptors (Lipinski definition) is 6. The zero-order valence-electron chi connectivity index (χ0n) is 15.5. The number of halogens is 2. The molecule has 4 aromatic rings. The highest BCUT2D eigenvalue weighted by atomic mass is 79.9. The summed E-state index contributed by atoms with van der Waals surface area (Å²) < 4.78 is 12.9. The SMILES string of the molecule is COc1cc(Br)cc2cc(C(=O)N/N=C\c3ccc(Sc4ccc(Cl)cc4)s3)oc12. The molecule has 4 rings (SSSR count). The first-order valence-corrected chi connectivity index (χ1v) is 11.5. The van der Waals surface area contributed by atoms with Crippen LogP contribution in [0, 0.1) is 0 Å². The van der Waals surface area contributed by atoms with E-state index in [1.54, 1.807) is 48.6 Å². The molecule has 2 heterocycles. The molecule has 2 aromatic carbocycles. The molecule has 0 saturated carbocycles. The molecule has 0 aliphatic heterocycles. The second kappa shape index (κ2) is 9.26. The molecule has 0 fully saturated rings. The van der Waals surface area contributed by atoms with E-state index in [1.165, 1.54) is 0 Å². The number of hydrogen-bond donors (Lipinski definition) is 1. The molecule has 0 bridgehead atoms. The van der Waals surface area contributed by atoms with Gasteiger partial charge in [-0.25, -0.2) is 5.43 Å². The van der Waals surface area contributed by atoms with Crippen molar-refractivity contribution in [2.24, 2.45) is 5.10 Å². The van der Waals surface area contributed by atoms with Gasteiger partial charge in [-0.05, 0) is 54.6 Å². The summed E-state index contributed by atoms with van der Waals surface area (Å²) in [6.45, 7) is 0. The van der Waals surface area contributed by atoms with E-state index in [0.717, 1.165) is 23.8 Å². The second-order valence-corrected chi connectivity index (χ2v) is 9.89. The van der Waals surface area contributed by atoms with Gasteiger partial charge in [0.15, 0.2) is 17.1 Å². The molecular weight excluding hydrogens is 508 g/mol. The Kier molecular flexibility index (Phi) is 6.48. The number of nitrogens with one attached hydrogen (secondary N) is 1. The van der Waals surface area contributed by atoms with Gasteiger partial charge in [-0.3, -0.25) is 4.79 Å². The maximum absolute atomic E-state index is 12.4. The third-order valence-electron chi connectivity index (χ3n) is 3.98. The quantitative estimate of drug-likeness (QED) is 0.223. The van der Waals surface area contributed by atoms with E-state index in [4.69, 9.17) is 20.8 Å². The topological polar surface area (TPSA) is 63.8 Å². The van der Waals surface area contributed by atoms with Gasteiger partial charge in [-0.1, -0.05) is 39.3 Å². The molecule has 0 radical (unpaired) electrons. The van der Waals surface area contributed by atoms with Crippen LogP contribution in [0.25, 0.3) is 11.0 Å². The van der Waals surface area contributed by atoms with Crippen molar-refractivity contribution in [1.29, 1.82) is 0 Å². The Morgan fingerprint density at radius 3 is 2.80 bits per heavy atom. The molecule has 1 N–H and O–H groups in total. The zero-order valence-corrected chi connectivity index (χ0v) is 19.5. The number of nitrogens with zero attached hydrogens (tertiary/aromatic N) is 1. The molecule has 0 saturated heterocycles. The highest BCUT2D eigenvalue weighted by molar-refractivity contribution is 9.10. The van der Waals surface area contributed by atoms with Crippen molar-refractivity contribution in [1.82, 2.24) is 5.43 Å². The maximum atomic E-state index is 12.4. The van der Waals surface area contributed by atoms with Crippen molar-refractivity contribution in [2.75, 3.05) is 7.11 Å². The fourth-order valence-electron chi connectivity index (χ4n) is 2.64. The summed E-state index contributed by atoms with van der Waals surface area (Å²) in [7, 11) is 1.55. The molecule has 152 valence electrons. The van der Waals surface area contributed by atoms with Gasteiger partial charge in [-0.2, -0.15) is 5.10 Å². The Balaban J connectivity index is 1.41. The standard InChI is InChI=1S/C21H14BrClN2O3S2/c1-27-17-10-13(22)8-12-9-18(28-20(12)17)21(26)25-24-11-16-6-7-19(30-16)29-15-4-2-14(23)3-5-15/h2-11H,1H3,(H,25,26)/b24-11-. The van der Waals surface area contributed by atoms with E-state index >= 15 is 0 Å². The summed E-state index contributed by atoms with van der Waals surface area (Å²) in [5, 5.41) is 5.51. The molecule has 0 atom stereocenters. The first-order valence-electron chi connectivity index (χ1n) is 8.65. The highest BCUT2D eigenvalue weighted by Gasteiger charge is 2.15. The summed E-state index contributed by atoms with van der Waals surface area (Å²) >= 11 is 12.5. The molecule has 1 amide bonds. The summed E-state index contributed by atoms with van der Waals surface area (Å²) in [5.41, 5.74) is 3.01. The van der Waals surface area contributed by atoms with Crippen LogP contribution in [0.2, 0.25) is 5.02 Å². The van der Waals surface area contributed by atoms with E-state index in [0.29, 0.717) is 16.4 Å². The Morgan fingerprint density at radius 1 is 1.23 bits per heavy atom. The van der Waals surface area contributed by atoms with Crippen molar-refractivity contribution in [3.05, 3.63) is 74.7 Å². The molecular formula is C21H14BrClN2O3S2. The predicted molar refractivity (Wildman–Crippen MR) is 125 cm³/mol. The largest absolute Gasteiger partial charge is 0.493 e. The Labute approximate surface area is 194 Å². The van der Waals surface area contributed by atoms with Gasteiger partial charge in [0.05, 0.1) is 17.5 Å². The lowest BCUT2D eigenvalue weighted by atomic mass is 10.2. The van der Waals surface area contributed by atoms with Crippen LogP contribution < -0.4 is 10.2 Å². The second-order valence-electron chi connectivity index (χ2n) is 6.05. The lowest BCUT2D eigenvalue weighted by Gasteiger charge is -2.00. The molecule has 0 spiro atoms. The first kappa shape index (κ1) is 21.0. The minimum atomic E-state index is -0.437. The minimum Gasteiger partial charge on any atom is -0.493 e. The normalized spacial score (nSPS) is 11.3. The minimum absolute atomic E-state index is 0.156. The van der Waals surface area contributed by atoms with Crippen LogP contribution >= 0.6 is 50.6 Å². The predicted octanol–water partition coefficient (Wildman–Crippen LogP) is 6.83. The van der Waals surface area contributed by atoms with Gasteiger partial charge in [0.25, 0.3) is 0 Å². The zero-order chi connectivity index (χ0) is 21.1. The lowest BCUT2D eigenvalue weighted by molar-refractivity contribution is 0.0929. The van der Waals surface area contributed by atoms with E-state index in [2.05, 4.69) is 26.5 Å². The number of fused-ring (bicyclic) bond motifs is 1. The summed E-state index contributed by atoms with van der Waals surface area (Å²) in [4.78, 5) is 14.4. The number of furan rings is 1. The van der Waals surface area contributed by atoms with Crippen LogP contribution in [-0.2, 0) is 0 Å². The van der Waals surface area contributed by atoms with E-state index in [9.17, 15) is 4.79 Å². The van der Waals surface area contributed by atoms with Gasteiger partial charge < -0.3 is 9.15 Å². The van der Waals surface area contributed by atoms with Gasteiger partial charge >= 0.3 is 5.91 Å². The molecule has 30 heavy (non-hydrogen) atoms. The number of benzene rings is 2. The average Bonchev–Trinajstić information content (AvgIpc) is 3.36. The molecule has 5 nitrogen and oxygen atoms in total. The molecule has 9 heteroatoms. The molecule has 0 aliphatic rings. The third kappa shape index (κ3) is 4.89. The van der Waals surface area contributed by atoms with Gasteiger partial charge in [0, 0.05) is 24.7 Å². The highest BCUT2D eigenvalue weighted by Crippen LogP contribution is 2.34. The van der Waals surface area contributed by atoms with Crippen molar-refractivity contribution >= 4 is 73.7 Å². The fourth-order valence-corrected chi connectivity index (χ4v) is 5.21. The van der Waals surface area contributed by atoms with Crippen molar-refractivity contribution < 1.29 is 13.9 Å². The first-order chi connectivity index (χ1) is 14.5. The van der Waals surface area contributed by atoms with E-state index < -0.39 is 5.91 Å². The molecule has 0 aliphatic carbocycles. The van der Waals surface area contributed by atoms with E-state index in [1.807, 2.05) is 42.5 Å². The Morgan fingerprint density at radius 2 is 2.03 bits per heavy atom. The number of carbonyl (C=O) groups excluding carboxylic acids is 1. The lowest BCUT2D eigenvalue weighted by Crippen LogP contribution is -2.16. The molecule has 2 aromatic heterocycles. The van der Waals surface area contributed by atoms with Crippen LogP contribution in [0.3, 0.4) is 0 Å². The summed E-state index contributed by atoms with van der Waals surface area (Å²) in [5.74, 6) is 0.267. The number of ether oxygens (including phenoxy) is 1. The fraction of sp³-hybridized carbons (Fsp3) is 0.0476. The smallest absolute Gasteiger partial charge is 0.307 e. The van der Waals surface area contributed by atoms with Gasteiger partial charge in [0.1, 0.15) is 0 Å². The van der Waals surface area contributed by atoms with Crippen LogP contribution in [0.4, 0.5) is 0 Å². The van der Waals surface area contributed by atoms with Gasteiger partial charge in [0.2, 0.25) is 0 Å². The number of rotatable bonds is 6. The summed E-state index contributed by atoms with van der Waals surface area (Å²) in [6.07, 6.45) is 1.61. The Bertz CT molecular complexity index is 1240. The van der Waals surface area contributed by atoms with Crippen LogP contribution in [-0.4, -0.2) is 19.2 Å². The monoisotopic (exact) mass is 520 g/mol. The van der Waals surface area contributed by atoms with Crippen LogP contribution in [0.1, 0.15) is 15.4 Å². The number of methoxy groups -OCH3 is 1. The number of carbonyl (C=O) groups is 1. The number of hydrazone groups is 1. The van der Waals surface area contributed by atoms with Crippen LogP contribution in [0.5, 0.6) is 5.75 Å². The summed E-state index contributed by atoms with van der Waals surface area (Å²) in [6, 6.07) is 16.9. The number of amides is 1. The van der Waals surface area contributed by atoms with Gasteiger partial charge in [-0.15, -0.1) is 11.3 Å². The van der Waals surface area contributed by atoms with Crippen molar-refractivity contribution in [3.8, 4) is 5.75 Å². The maximum Gasteiger partial charge on any atom is 0.307 e.